The number of hydrogen-bond acceptors (Lipinski definition) is 4. The topological polar surface area (TPSA) is 35.2 Å². The summed E-state index contributed by atoms with van der Waals surface area (Å²) in [5, 5.41) is 3.41. The zero-order valence-corrected chi connectivity index (χ0v) is 37.9. The molecule has 0 N–H and O–H groups in total. The van der Waals surface area contributed by atoms with Crippen LogP contribution in [0.1, 0.15) is 0 Å². The predicted octanol–water partition coefficient (Wildman–Crippen LogP) is 0.483. The molecule has 4 rings (SSSR count). The van der Waals surface area contributed by atoms with Gasteiger partial charge in [0, 0.05) is 0 Å². The molecule has 0 bridgehead atoms. The summed E-state index contributed by atoms with van der Waals surface area (Å²) in [6.45, 7) is 0. The molecule has 20 heteroatoms. The molecule has 2 radical (unpaired) electrons. The van der Waals surface area contributed by atoms with Crippen LogP contribution >= 0.6 is 34.1 Å². The standard InChI is InChI=1S/4C5H8N2S.2Bi.6ClH/c4*1-6-3-4-7(2)5(6)8;;;;;;;;/h4*3-4H,1-2H3;;;6*1H/q;;;;2*+4;;;;;;/p-4. The zero-order valence-electron chi connectivity index (χ0n) is 23.1. The van der Waals surface area contributed by atoms with Gasteiger partial charge in [-0.25, -0.2) is 0 Å². The average Bonchev–Trinajstić information content (AvgIpc) is 3.53. The van der Waals surface area contributed by atoms with Crippen LogP contribution in [-0.4, -0.2) is 54.6 Å². The van der Waals surface area contributed by atoms with Crippen LogP contribution in [0, 0.1) is 17.0 Å². The van der Waals surface area contributed by atoms with E-state index >= 15 is 0 Å². The Morgan fingerprint density at radius 2 is 0.700 bits per heavy atom. The normalized spacial score (nSPS) is 9.65. The maximum atomic E-state index is 5.14. The van der Waals surface area contributed by atoms with E-state index in [1.165, 1.54) is 0 Å². The van der Waals surface area contributed by atoms with E-state index in [0.717, 1.165) is 20.6 Å². The van der Waals surface area contributed by atoms with E-state index in [0.29, 0.717) is 0 Å². The molecule has 8 nitrogen and oxygen atoms in total. The second-order valence-electron chi connectivity index (χ2n) is 7.69. The number of aromatic nitrogens is 8. The van der Waals surface area contributed by atoms with Gasteiger partial charge in [-0.05, 0) is 0 Å². The Morgan fingerprint density at radius 3 is 0.725 bits per heavy atom. The fraction of sp³-hybridized carbons (Fsp3) is 0.400. The molecular formula is C20H34Bi2Cl6N8S4+4. The van der Waals surface area contributed by atoms with E-state index in [1.54, 1.807) is 0 Å². The van der Waals surface area contributed by atoms with Crippen molar-refractivity contribution in [2.24, 2.45) is 56.4 Å². The Bertz CT molecular complexity index is 1000. The molecule has 0 aliphatic rings. The van der Waals surface area contributed by atoms with Gasteiger partial charge in [0.15, 0.2) is 0 Å². The third-order valence-corrected chi connectivity index (χ3v) is 6.77. The van der Waals surface area contributed by atoms with Crippen molar-refractivity contribution in [3.63, 3.8) is 0 Å². The van der Waals surface area contributed by atoms with Crippen molar-refractivity contribution >= 4 is 121 Å². The number of hydrogen-bond donors (Lipinski definition) is 0. The van der Waals surface area contributed by atoms with Gasteiger partial charge in [-0.3, -0.25) is 36.5 Å². The summed E-state index contributed by atoms with van der Waals surface area (Å²) in [4.78, 5) is 0. The minimum atomic E-state index is -3.11. The first kappa shape index (κ1) is 43.4. The monoisotopic (exact) mass is 1140 g/mol. The summed E-state index contributed by atoms with van der Waals surface area (Å²) >= 11 is 15.8. The molecule has 4 heterocycles. The van der Waals surface area contributed by atoms with Crippen molar-refractivity contribution < 1.29 is 35.3 Å². The summed E-state index contributed by atoms with van der Waals surface area (Å²) in [5.41, 5.74) is 0. The first-order chi connectivity index (χ1) is 18.3. The number of aryl methyl sites for hydroxylation is 8. The molecule has 226 valence electrons. The van der Waals surface area contributed by atoms with E-state index in [1.807, 2.05) is 142 Å². The first-order valence-corrected chi connectivity index (χ1v) is 38.6. The number of imidazole rings is 4. The van der Waals surface area contributed by atoms with Gasteiger partial charge in [0.05, 0.1) is 56.4 Å². The van der Waals surface area contributed by atoms with Crippen LogP contribution in [0.15, 0.2) is 70.2 Å². The van der Waals surface area contributed by atoms with E-state index in [9.17, 15) is 0 Å². The molecule has 0 fully saturated rings. The van der Waals surface area contributed by atoms with E-state index in [4.69, 9.17) is 84.6 Å². The van der Waals surface area contributed by atoms with Crippen molar-refractivity contribution in [1.29, 1.82) is 0 Å². The molecular weight excluding hydrogens is 1110 g/mol. The van der Waals surface area contributed by atoms with Gasteiger partial charge in [-0.1, -0.05) is 0 Å². The second-order valence-corrected chi connectivity index (χ2v) is 46.4. The Kier molecular flexibility index (Phi) is 24.6. The molecule has 0 unspecified atom stereocenters. The van der Waals surface area contributed by atoms with Crippen molar-refractivity contribution in [3.8, 4) is 0 Å². The minimum absolute atomic E-state index is 0.852. The molecule has 40 heavy (non-hydrogen) atoms. The van der Waals surface area contributed by atoms with Crippen molar-refractivity contribution in [1.82, 2.24) is 18.3 Å². The maximum absolute atomic E-state index is 5.14. The number of rotatable bonds is 0. The van der Waals surface area contributed by atoms with Gasteiger partial charge in [-0.15, -0.1) is 0 Å². The van der Waals surface area contributed by atoms with Crippen molar-refractivity contribution in [2.75, 3.05) is 0 Å². The van der Waals surface area contributed by atoms with Crippen LogP contribution in [-0.2, 0) is 107 Å². The Labute approximate surface area is 297 Å². The van der Waals surface area contributed by atoms with E-state index in [-0.39, 0.29) is 0 Å². The van der Waals surface area contributed by atoms with Crippen LogP contribution in [0.5, 0.6) is 0 Å². The molecule has 0 spiro atoms. The fourth-order valence-electron chi connectivity index (χ4n) is 2.31. The summed E-state index contributed by atoms with van der Waals surface area (Å²) in [5.74, 6) is 0. The van der Waals surface area contributed by atoms with Crippen molar-refractivity contribution in [3.05, 3.63) is 49.6 Å². The SMILES string of the molecule is Cn1cc[n+](C)c1[S-].Cn1cc[n+](C)c1[S-].Cn1cc[n+](C)c1[S-].Cn1cc[n+](C)c1[S-].[Cl][Bi+2][Cl].[Cl][Bi]([Cl])([ClH+])[ClH+]. The molecule has 0 aliphatic heterocycles. The molecule has 4 aromatic rings. The van der Waals surface area contributed by atoms with Gasteiger partial charge in [0.2, 0.25) is 0 Å². The molecule has 0 aromatic carbocycles. The Balaban J connectivity index is 0. The summed E-state index contributed by atoms with van der Waals surface area (Å²) in [6, 6.07) is 0. The molecule has 0 atom stereocenters. The number of halogens is 6. The van der Waals surface area contributed by atoms with Gasteiger partial charge in [-0.2, -0.15) is 0 Å². The quantitative estimate of drug-likeness (QED) is 0.146. The van der Waals surface area contributed by atoms with Crippen LogP contribution in [0.3, 0.4) is 0 Å². The van der Waals surface area contributed by atoms with E-state index in [2.05, 4.69) is 17.0 Å². The molecule has 0 saturated heterocycles. The summed E-state index contributed by atoms with van der Waals surface area (Å²) < 4.78 is 15.2. The Hall–Kier alpha value is 1.23. The van der Waals surface area contributed by atoms with Gasteiger partial charge in [0.25, 0.3) is 0 Å². The van der Waals surface area contributed by atoms with Crippen LogP contribution < -0.4 is 18.3 Å². The van der Waals surface area contributed by atoms with Gasteiger partial charge < -0.3 is 50.5 Å². The fourth-order valence-corrected chi connectivity index (χ4v) is 2.79. The Morgan fingerprint density at radius 1 is 0.575 bits per heavy atom. The number of nitrogens with zero attached hydrogens (tertiary/aromatic N) is 8. The molecule has 0 saturated carbocycles. The van der Waals surface area contributed by atoms with Gasteiger partial charge >= 0.3 is 87.4 Å². The summed E-state index contributed by atoms with van der Waals surface area (Å²) in [6.07, 6.45) is 15.5. The third-order valence-electron chi connectivity index (χ3n) is 4.47. The average molecular weight is 1150 g/mol. The molecule has 4 aromatic heterocycles. The van der Waals surface area contributed by atoms with Crippen LogP contribution in [0.25, 0.3) is 0 Å². The van der Waals surface area contributed by atoms with Gasteiger partial charge in [0.1, 0.15) is 70.2 Å². The molecule has 0 amide bonds. The molecule has 0 aliphatic carbocycles. The first-order valence-electron chi connectivity index (χ1n) is 10.6. The summed E-state index contributed by atoms with van der Waals surface area (Å²) in [7, 11) is 44.4. The zero-order chi connectivity index (χ0) is 31.8. The predicted molar refractivity (Wildman–Crippen MR) is 167 cm³/mol. The van der Waals surface area contributed by atoms with Crippen molar-refractivity contribution in [2.45, 2.75) is 20.6 Å². The third kappa shape index (κ3) is 20.2. The second kappa shape index (κ2) is 22.7. The van der Waals surface area contributed by atoms with E-state index < -0.39 is 36.3 Å². The van der Waals surface area contributed by atoms with Crippen LogP contribution in [0.2, 0.25) is 0 Å². The van der Waals surface area contributed by atoms with Crippen LogP contribution in [0.4, 0.5) is 0 Å².